The molecule has 100 valence electrons. The average molecular weight is 252 g/mol. The first-order valence-corrected chi connectivity index (χ1v) is 6.11. The van der Waals surface area contributed by atoms with Crippen molar-refractivity contribution in [3.05, 3.63) is 17.8 Å². The molecule has 0 aliphatic heterocycles. The molecule has 1 aromatic rings. The summed E-state index contributed by atoms with van der Waals surface area (Å²) in [6.07, 6.45) is 0. The maximum Gasteiger partial charge on any atom is 0.271 e. The van der Waals surface area contributed by atoms with Crippen LogP contribution in [-0.2, 0) is 0 Å². The van der Waals surface area contributed by atoms with Gasteiger partial charge >= 0.3 is 0 Å². The quantitative estimate of drug-likeness (QED) is 0.695. The van der Waals surface area contributed by atoms with E-state index in [-0.39, 0.29) is 5.91 Å². The first kappa shape index (κ1) is 14.4. The SMILES string of the molecule is CCNC(=O)c1ccc(OCCNC(C)C)nn1. The van der Waals surface area contributed by atoms with E-state index in [1.807, 2.05) is 6.92 Å². The summed E-state index contributed by atoms with van der Waals surface area (Å²) in [5.41, 5.74) is 0.296. The summed E-state index contributed by atoms with van der Waals surface area (Å²) in [4.78, 5) is 11.4. The lowest BCUT2D eigenvalue weighted by Gasteiger charge is -2.08. The number of aromatic nitrogens is 2. The van der Waals surface area contributed by atoms with Crippen LogP contribution in [0.3, 0.4) is 0 Å². The molecule has 0 aromatic carbocycles. The number of rotatable bonds is 7. The number of hydrogen-bond donors (Lipinski definition) is 2. The molecule has 0 aliphatic rings. The van der Waals surface area contributed by atoms with Crippen LogP contribution < -0.4 is 15.4 Å². The standard InChI is InChI=1S/C12H20N4O2/c1-4-13-12(17)10-5-6-11(16-15-10)18-8-7-14-9(2)3/h5-6,9,14H,4,7-8H2,1-3H3,(H,13,17). The van der Waals surface area contributed by atoms with Crippen LogP contribution in [0.5, 0.6) is 5.88 Å². The lowest BCUT2D eigenvalue weighted by molar-refractivity contribution is 0.0949. The zero-order chi connectivity index (χ0) is 13.4. The highest BCUT2D eigenvalue weighted by molar-refractivity contribution is 5.91. The van der Waals surface area contributed by atoms with Gasteiger partial charge in [0.2, 0.25) is 5.88 Å². The predicted molar refractivity (Wildman–Crippen MR) is 68.7 cm³/mol. The van der Waals surface area contributed by atoms with Crippen molar-refractivity contribution in [1.82, 2.24) is 20.8 Å². The molecule has 2 N–H and O–H groups in total. The van der Waals surface area contributed by atoms with E-state index in [0.717, 1.165) is 6.54 Å². The Morgan fingerprint density at radius 1 is 1.39 bits per heavy atom. The molecule has 0 saturated heterocycles. The number of amides is 1. The molecular weight excluding hydrogens is 232 g/mol. The van der Waals surface area contributed by atoms with Crippen LogP contribution in [0.15, 0.2) is 12.1 Å². The Balaban J connectivity index is 2.38. The van der Waals surface area contributed by atoms with Crippen LogP contribution >= 0.6 is 0 Å². The first-order valence-electron chi connectivity index (χ1n) is 6.11. The van der Waals surface area contributed by atoms with Gasteiger partial charge in [0.05, 0.1) is 0 Å². The predicted octanol–water partition coefficient (Wildman–Crippen LogP) is 0.603. The van der Waals surface area contributed by atoms with Gasteiger partial charge in [-0.25, -0.2) is 0 Å². The molecule has 18 heavy (non-hydrogen) atoms. The summed E-state index contributed by atoms with van der Waals surface area (Å²) in [6, 6.07) is 3.68. The summed E-state index contributed by atoms with van der Waals surface area (Å²) in [7, 11) is 0. The second-order valence-corrected chi connectivity index (χ2v) is 4.07. The lowest BCUT2D eigenvalue weighted by Crippen LogP contribution is -2.27. The van der Waals surface area contributed by atoms with Crippen LogP contribution in [-0.4, -0.2) is 41.8 Å². The molecule has 0 atom stereocenters. The van der Waals surface area contributed by atoms with Gasteiger partial charge in [-0.05, 0) is 13.0 Å². The van der Waals surface area contributed by atoms with Gasteiger partial charge in [0, 0.05) is 25.2 Å². The molecular formula is C12H20N4O2. The third-order valence-corrected chi connectivity index (χ3v) is 2.11. The van der Waals surface area contributed by atoms with Gasteiger partial charge < -0.3 is 15.4 Å². The summed E-state index contributed by atoms with van der Waals surface area (Å²) >= 11 is 0. The summed E-state index contributed by atoms with van der Waals surface area (Å²) in [6.45, 7) is 7.83. The van der Waals surface area contributed by atoms with Gasteiger partial charge in [-0.3, -0.25) is 4.79 Å². The van der Waals surface area contributed by atoms with Crippen molar-refractivity contribution < 1.29 is 9.53 Å². The topological polar surface area (TPSA) is 76.1 Å². The summed E-state index contributed by atoms with van der Waals surface area (Å²) in [5.74, 6) is 0.201. The van der Waals surface area contributed by atoms with Crippen molar-refractivity contribution in [3.8, 4) is 5.88 Å². The second-order valence-electron chi connectivity index (χ2n) is 4.07. The van der Waals surface area contributed by atoms with Crippen molar-refractivity contribution in [3.63, 3.8) is 0 Å². The van der Waals surface area contributed by atoms with E-state index in [0.29, 0.717) is 30.8 Å². The number of hydrogen-bond acceptors (Lipinski definition) is 5. The highest BCUT2D eigenvalue weighted by atomic mass is 16.5. The fourth-order valence-corrected chi connectivity index (χ4v) is 1.27. The fourth-order valence-electron chi connectivity index (χ4n) is 1.27. The monoisotopic (exact) mass is 252 g/mol. The number of ether oxygens (including phenoxy) is 1. The van der Waals surface area contributed by atoms with E-state index >= 15 is 0 Å². The van der Waals surface area contributed by atoms with Crippen LogP contribution in [0.25, 0.3) is 0 Å². The van der Waals surface area contributed by atoms with Crippen molar-refractivity contribution in [1.29, 1.82) is 0 Å². The van der Waals surface area contributed by atoms with Gasteiger partial charge in [-0.2, -0.15) is 0 Å². The van der Waals surface area contributed by atoms with E-state index in [2.05, 4.69) is 34.7 Å². The lowest BCUT2D eigenvalue weighted by atomic mass is 10.3. The molecule has 1 rings (SSSR count). The zero-order valence-electron chi connectivity index (χ0n) is 11.1. The molecule has 1 aromatic heterocycles. The molecule has 1 amide bonds. The first-order chi connectivity index (χ1) is 8.63. The molecule has 0 spiro atoms. The Bertz CT molecular complexity index is 365. The largest absolute Gasteiger partial charge is 0.475 e. The van der Waals surface area contributed by atoms with Crippen LogP contribution in [0.4, 0.5) is 0 Å². The Kier molecular flexibility index (Phi) is 6.07. The van der Waals surface area contributed by atoms with E-state index < -0.39 is 0 Å². The van der Waals surface area contributed by atoms with Crippen LogP contribution in [0, 0.1) is 0 Å². The highest BCUT2D eigenvalue weighted by Crippen LogP contribution is 2.04. The third-order valence-electron chi connectivity index (χ3n) is 2.11. The zero-order valence-corrected chi connectivity index (χ0v) is 11.1. The van der Waals surface area contributed by atoms with Gasteiger partial charge in [0.1, 0.15) is 6.61 Å². The van der Waals surface area contributed by atoms with Crippen molar-refractivity contribution in [2.24, 2.45) is 0 Å². The molecule has 0 saturated carbocycles. The maximum atomic E-state index is 11.4. The van der Waals surface area contributed by atoms with Crippen molar-refractivity contribution in [2.75, 3.05) is 19.7 Å². The Morgan fingerprint density at radius 3 is 2.72 bits per heavy atom. The van der Waals surface area contributed by atoms with Crippen molar-refractivity contribution >= 4 is 5.91 Å². The Morgan fingerprint density at radius 2 is 2.17 bits per heavy atom. The maximum absolute atomic E-state index is 11.4. The van der Waals surface area contributed by atoms with Gasteiger partial charge in [-0.15, -0.1) is 10.2 Å². The summed E-state index contributed by atoms with van der Waals surface area (Å²) in [5, 5.41) is 13.5. The Labute approximate surface area is 107 Å². The molecule has 0 fully saturated rings. The van der Waals surface area contributed by atoms with E-state index in [4.69, 9.17) is 4.74 Å². The minimum Gasteiger partial charge on any atom is -0.475 e. The molecule has 0 bridgehead atoms. The third kappa shape index (κ3) is 5.09. The normalized spacial score (nSPS) is 10.4. The summed E-state index contributed by atoms with van der Waals surface area (Å²) < 4.78 is 5.38. The number of carbonyl (C=O) groups excluding carboxylic acids is 1. The number of carbonyl (C=O) groups is 1. The van der Waals surface area contributed by atoms with Gasteiger partial charge in [0.15, 0.2) is 5.69 Å². The number of nitrogens with zero attached hydrogens (tertiary/aromatic N) is 2. The van der Waals surface area contributed by atoms with E-state index in [1.54, 1.807) is 12.1 Å². The fraction of sp³-hybridized carbons (Fsp3) is 0.583. The smallest absolute Gasteiger partial charge is 0.271 e. The highest BCUT2D eigenvalue weighted by Gasteiger charge is 2.06. The second kappa shape index (κ2) is 7.60. The molecule has 1 heterocycles. The molecule has 0 aliphatic carbocycles. The van der Waals surface area contributed by atoms with E-state index in [9.17, 15) is 4.79 Å². The molecule has 0 radical (unpaired) electrons. The molecule has 6 nitrogen and oxygen atoms in total. The van der Waals surface area contributed by atoms with Crippen molar-refractivity contribution in [2.45, 2.75) is 26.8 Å². The molecule has 0 unspecified atom stereocenters. The Hall–Kier alpha value is -1.69. The minimum absolute atomic E-state index is 0.224. The number of nitrogens with one attached hydrogen (secondary N) is 2. The average Bonchev–Trinajstić information content (AvgIpc) is 2.35. The minimum atomic E-state index is -0.224. The molecule has 6 heteroatoms. The van der Waals surface area contributed by atoms with Gasteiger partial charge in [0.25, 0.3) is 5.91 Å². The van der Waals surface area contributed by atoms with Crippen LogP contribution in [0.1, 0.15) is 31.3 Å². The van der Waals surface area contributed by atoms with Crippen LogP contribution in [0.2, 0.25) is 0 Å². The van der Waals surface area contributed by atoms with Gasteiger partial charge in [-0.1, -0.05) is 13.8 Å². The van der Waals surface area contributed by atoms with E-state index in [1.165, 1.54) is 0 Å².